The maximum absolute atomic E-state index is 12.9. The van der Waals surface area contributed by atoms with Crippen molar-refractivity contribution >= 4 is 28.8 Å². The van der Waals surface area contributed by atoms with Gasteiger partial charge in [-0.3, -0.25) is 4.79 Å². The molecule has 3 atom stereocenters. The van der Waals surface area contributed by atoms with E-state index in [1.54, 1.807) is 11.3 Å². The highest BCUT2D eigenvalue weighted by molar-refractivity contribution is 7.10. The van der Waals surface area contributed by atoms with Gasteiger partial charge in [0.05, 0.1) is 30.6 Å². The molecular weight excluding hydrogens is 294 g/mol. The summed E-state index contributed by atoms with van der Waals surface area (Å²) in [5.41, 5.74) is 1.26. The number of nitrogens with zero attached hydrogens (tertiary/aromatic N) is 1. The molecule has 0 N–H and O–H groups in total. The molecule has 0 radical (unpaired) electrons. The molecule has 0 aromatic carbocycles. The van der Waals surface area contributed by atoms with Gasteiger partial charge in [0, 0.05) is 11.4 Å². The number of ether oxygens (including phenoxy) is 1. The topological polar surface area (TPSA) is 29.5 Å². The Bertz CT molecular complexity index is 490. The predicted octanol–water partition coefficient (Wildman–Crippen LogP) is 3.02. The first-order valence-corrected chi connectivity index (χ1v) is 8.66. The summed E-state index contributed by atoms with van der Waals surface area (Å²) in [6.45, 7) is 3.27. The minimum Gasteiger partial charge on any atom is -0.373 e. The van der Waals surface area contributed by atoms with Gasteiger partial charge in [-0.25, -0.2) is 0 Å². The van der Waals surface area contributed by atoms with E-state index in [0.717, 1.165) is 19.3 Å². The van der Waals surface area contributed by atoms with E-state index in [-0.39, 0.29) is 24.0 Å². The van der Waals surface area contributed by atoms with Gasteiger partial charge in [-0.2, -0.15) is 0 Å². The molecule has 110 valence electrons. The molecule has 1 amide bonds. The Kier molecular flexibility index (Phi) is 4.34. The average Bonchev–Trinajstić information content (AvgIpc) is 2.95. The molecule has 1 saturated heterocycles. The summed E-state index contributed by atoms with van der Waals surface area (Å²) in [4.78, 5) is 16.3. The largest absolute Gasteiger partial charge is 0.373 e. The van der Waals surface area contributed by atoms with E-state index in [0.29, 0.717) is 19.0 Å². The van der Waals surface area contributed by atoms with Gasteiger partial charge in [0.15, 0.2) is 0 Å². The molecule has 2 aliphatic rings. The number of carbonyl (C=O) groups is 1. The lowest BCUT2D eigenvalue weighted by Gasteiger charge is -2.40. The van der Waals surface area contributed by atoms with Crippen LogP contribution in [0.5, 0.6) is 0 Å². The van der Waals surface area contributed by atoms with Crippen LogP contribution in [0.4, 0.5) is 0 Å². The highest BCUT2D eigenvalue weighted by Gasteiger charge is 2.35. The van der Waals surface area contributed by atoms with Crippen molar-refractivity contribution < 1.29 is 9.53 Å². The number of fused-ring (bicyclic) bond motifs is 1. The lowest BCUT2D eigenvalue weighted by Crippen LogP contribution is -2.53. The van der Waals surface area contributed by atoms with Crippen molar-refractivity contribution in [2.75, 3.05) is 19.0 Å². The van der Waals surface area contributed by atoms with E-state index in [1.807, 2.05) is 4.90 Å². The molecule has 5 heteroatoms. The predicted molar refractivity (Wildman–Crippen MR) is 81.6 cm³/mol. The Labute approximate surface area is 128 Å². The van der Waals surface area contributed by atoms with Gasteiger partial charge in [0.1, 0.15) is 0 Å². The van der Waals surface area contributed by atoms with Crippen LogP contribution in [0, 0.1) is 0 Å². The minimum absolute atomic E-state index is 0.0256. The molecule has 0 spiro atoms. The Morgan fingerprint density at radius 2 is 2.45 bits per heavy atom. The van der Waals surface area contributed by atoms with Crippen molar-refractivity contribution in [3.8, 4) is 0 Å². The molecule has 3 nitrogen and oxygen atoms in total. The molecule has 3 rings (SSSR count). The first-order chi connectivity index (χ1) is 9.70. The molecule has 0 saturated carbocycles. The van der Waals surface area contributed by atoms with E-state index in [2.05, 4.69) is 18.4 Å². The number of alkyl halides is 1. The first-order valence-electron chi connectivity index (χ1n) is 7.25. The third-order valence-corrected chi connectivity index (χ3v) is 5.65. The Balaban J connectivity index is 1.79. The number of hydrogen-bond donors (Lipinski definition) is 0. The summed E-state index contributed by atoms with van der Waals surface area (Å²) in [5, 5.41) is 2.11. The van der Waals surface area contributed by atoms with Gasteiger partial charge >= 0.3 is 0 Å². The van der Waals surface area contributed by atoms with Crippen LogP contribution in [0.25, 0.3) is 0 Å². The van der Waals surface area contributed by atoms with Crippen LogP contribution in [0.1, 0.15) is 36.1 Å². The Morgan fingerprint density at radius 1 is 1.60 bits per heavy atom. The van der Waals surface area contributed by atoms with Crippen LogP contribution in [0.15, 0.2) is 11.4 Å². The van der Waals surface area contributed by atoms with Crippen molar-refractivity contribution in [3.63, 3.8) is 0 Å². The number of thiophene rings is 1. The standard InChI is InChI=1S/C15H20ClNO2S/c1-10-9-19-11(7-16)8-17(10)15(18)13-3-2-4-14-12(13)5-6-20-14/h5-6,10-11,13H,2-4,7-9H2,1H3. The molecule has 1 aliphatic carbocycles. The molecular formula is C15H20ClNO2S. The monoisotopic (exact) mass is 313 g/mol. The van der Waals surface area contributed by atoms with Gasteiger partial charge in [-0.15, -0.1) is 22.9 Å². The van der Waals surface area contributed by atoms with Crippen molar-refractivity contribution in [2.24, 2.45) is 0 Å². The fourth-order valence-corrected chi connectivity index (χ4v) is 4.34. The molecule has 2 heterocycles. The van der Waals surface area contributed by atoms with Crippen molar-refractivity contribution in [2.45, 2.75) is 44.2 Å². The lowest BCUT2D eigenvalue weighted by molar-refractivity contribution is -0.145. The Morgan fingerprint density at radius 3 is 3.25 bits per heavy atom. The lowest BCUT2D eigenvalue weighted by atomic mass is 9.86. The van der Waals surface area contributed by atoms with E-state index >= 15 is 0 Å². The molecule has 1 aromatic heterocycles. The number of carbonyl (C=O) groups excluding carboxylic acids is 1. The highest BCUT2D eigenvalue weighted by Crippen LogP contribution is 2.36. The van der Waals surface area contributed by atoms with Crippen LogP contribution in [-0.4, -0.2) is 42.0 Å². The van der Waals surface area contributed by atoms with Crippen molar-refractivity contribution in [3.05, 3.63) is 21.9 Å². The summed E-state index contributed by atoms with van der Waals surface area (Å²) in [5.74, 6) is 0.752. The van der Waals surface area contributed by atoms with Crippen LogP contribution in [-0.2, 0) is 16.0 Å². The average molecular weight is 314 g/mol. The van der Waals surface area contributed by atoms with Gasteiger partial charge < -0.3 is 9.64 Å². The zero-order chi connectivity index (χ0) is 14.1. The normalized spacial score (nSPS) is 30.1. The highest BCUT2D eigenvalue weighted by atomic mass is 35.5. The third kappa shape index (κ3) is 2.61. The maximum Gasteiger partial charge on any atom is 0.230 e. The molecule has 1 fully saturated rings. The smallest absolute Gasteiger partial charge is 0.230 e. The number of halogens is 1. The van der Waals surface area contributed by atoms with Gasteiger partial charge in [0.2, 0.25) is 5.91 Å². The van der Waals surface area contributed by atoms with Crippen molar-refractivity contribution in [1.29, 1.82) is 0 Å². The summed E-state index contributed by atoms with van der Waals surface area (Å²) in [6, 6.07) is 2.28. The second-order valence-electron chi connectivity index (χ2n) is 5.69. The van der Waals surface area contributed by atoms with Gasteiger partial charge in [0.25, 0.3) is 0 Å². The first kappa shape index (κ1) is 14.4. The summed E-state index contributed by atoms with van der Waals surface area (Å²) >= 11 is 7.67. The van der Waals surface area contributed by atoms with Crippen molar-refractivity contribution in [1.82, 2.24) is 4.90 Å². The quantitative estimate of drug-likeness (QED) is 0.786. The number of rotatable bonds is 2. The van der Waals surface area contributed by atoms with E-state index < -0.39 is 0 Å². The van der Waals surface area contributed by atoms with Crippen LogP contribution in [0.3, 0.4) is 0 Å². The van der Waals surface area contributed by atoms with Crippen LogP contribution >= 0.6 is 22.9 Å². The fraction of sp³-hybridized carbons (Fsp3) is 0.667. The number of morpholine rings is 1. The maximum atomic E-state index is 12.9. The number of amides is 1. The fourth-order valence-electron chi connectivity index (χ4n) is 3.16. The number of hydrogen-bond acceptors (Lipinski definition) is 3. The molecule has 3 unspecified atom stereocenters. The van der Waals surface area contributed by atoms with Crippen LogP contribution < -0.4 is 0 Å². The molecule has 0 bridgehead atoms. The summed E-state index contributed by atoms with van der Waals surface area (Å²) in [7, 11) is 0. The minimum atomic E-state index is -0.0256. The SMILES string of the molecule is CC1COC(CCl)CN1C(=O)C1CCCc2sccc21. The van der Waals surface area contributed by atoms with E-state index in [1.165, 1.54) is 10.4 Å². The summed E-state index contributed by atoms with van der Waals surface area (Å²) < 4.78 is 5.64. The second-order valence-corrected chi connectivity index (χ2v) is 7.00. The van der Waals surface area contributed by atoms with Gasteiger partial charge in [-0.1, -0.05) is 0 Å². The van der Waals surface area contributed by atoms with Crippen LogP contribution in [0.2, 0.25) is 0 Å². The summed E-state index contributed by atoms with van der Waals surface area (Å²) in [6.07, 6.45) is 3.18. The zero-order valence-electron chi connectivity index (χ0n) is 11.7. The number of aryl methyl sites for hydroxylation is 1. The van der Waals surface area contributed by atoms with E-state index in [9.17, 15) is 4.79 Å². The third-order valence-electron chi connectivity index (χ3n) is 4.31. The van der Waals surface area contributed by atoms with Gasteiger partial charge in [-0.05, 0) is 43.2 Å². The molecule has 1 aromatic rings. The second kappa shape index (κ2) is 6.04. The molecule has 1 aliphatic heterocycles. The Hall–Kier alpha value is -0.580. The van der Waals surface area contributed by atoms with E-state index in [4.69, 9.17) is 16.3 Å². The zero-order valence-corrected chi connectivity index (χ0v) is 13.3. The molecule has 20 heavy (non-hydrogen) atoms.